The molecule has 1 fully saturated rings. The number of hydrogen-bond acceptors (Lipinski definition) is 6. The van der Waals surface area contributed by atoms with E-state index in [1.54, 1.807) is 6.07 Å². The molecule has 0 bridgehead atoms. The highest BCUT2D eigenvalue weighted by Crippen LogP contribution is 2.27. The average molecular weight is 367 g/mol. The number of sulfonamides is 1. The van der Waals surface area contributed by atoms with E-state index < -0.39 is 15.9 Å². The summed E-state index contributed by atoms with van der Waals surface area (Å²) in [7, 11) is -3.63. The van der Waals surface area contributed by atoms with Gasteiger partial charge in [0.05, 0.1) is 4.90 Å². The molecule has 2 heterocycles. The van der Waals surface area contributed by atoms with Crippen molar-refractivity contribution in [3.05, 3.63) is 18.2 Å². The van der Waals surface area contributed by atoms with Gasteiger partial charge < -0.3 is 10.6 Å². The monoisotopic (exact) mass is 367 g/mol. The maximum absolute atomic E-state index is 13.0. The Morgan fingerprint density at radius 3 is 2.64 bits per heavy atom. The van der Waals surface area contributed by atoms with Crippen LogP contribution in [0.1, 0.15) is 20.3 Å². The highest BCUT2D eigenvalue weighted by atomic mass is 32.2. The molecule has 0 spiro atoms. The van der Waals surface area contributed by atoms with Crippen molar-refractivity contribution in [3.8, 4) is 0 Å². The van der Waals surface area contributed by atoms with Crippen LogP contribution in [0.3, 0.4) is 0 Å². The minimum absolute atomic E-state index is 0.146. The molecule has 2 aromatic rings. The molecular weight excluding hydrogens is 346 g/mol. The van der Waals surface area contributed by atoms with Gasteiger partial charge in [-0.2, -0.15) is 4.31 Å². The molecule has 1 amide bonds. The van der Waals surface area contributed by atoms with E-state index in [9.17, 15) is 13.2 Å². The normalized spacial score (nSPS) is 22.2. The molecule has 1 aromatic heterocycles. The van der Waals surface area contributed by atoms with Crippen molar-refractivity contribution in [2.24, 2.45) is 17.6 Å². The number of amides is 1. The number of nitrogens with zero attached hydrogens (tertiary/aromatic N) is 4. The number of nitrogens with two attached hydrogens (primary N) is 1. The molecule has 1 aromatic carbocycles. The first-order valence-electron chi connectivity index (χ1n) is 8.04. The predicted octanol–water partition coefficient (Wildman–Crippen LogP) is 0.0118. The Kier molecular flexibility index (Phi) is 4.65. The number of carbonyl (C=O) groups is 1. The Labute approximate surface area is 145 Å². The number of piperidine rings is 1. The summed E-state index contributed by atoms with van der Waals surface area (Å²) in [4.78, 5) is 17.1. The summed E-state index contributed by atoms with van der Waals surface area (Å²) < 4.78 is 27.5. The number of primary amides is 1. The molecule has 1 aliphatic heterocycles. The first-order valence-corrected chi connectivity index (χ1v) is 9.48. The van der Waals surface area contributed by atoms with E-state index in [1.807, 2.05) is 0 Å². The van der Waals surface area contributed by atoms with Crippen LogP contribution >= 0.6 is 0 Å². The van der Waals surface area contributed by atoms with Crippen LogP contribution in [0.15, 0.2) is 23.1 Å². The Hall–Kier alpha value is -2.20. The second-order valence-corrected chi connectivity index (χ2v) is 8.56. The molecule has 3 rings (SSSR count). The van der Waals surface area contributed by atoms with Gasteiger partial charge in [0, 0.05) is 13.1 Å². The summed E-state index contributed by atoms with van der Waals surface area (Å²) in [5.41, 5.74) is 5.87. The van der Waals surface area contributed by atoms with E-state index in [0.29, 0.717) is 36.0 Å². The molecule has 9 nitrogen and oxygen atoms in total. The lowest BCUT2D eigenvalue weighted by atomic mass is 9.94. The summed E-state index contributed by atoms with van der Waals surface area (Å²) in [6, 6.07) is 4.53. The standard InChI is InChI=1S/C15H21N5O4S/c1-10-5-11(2)8-19(7-10)25(22,23)12-3-4-13-14(6-12)20(18-17-13)24-9-15(16)21/h3-4,6,10-11H,5,7-9H2,1-2H3,(H2,16,21)/t10-,11-/m1/s1. The molecule has 2 atom stereocenters. The van der Waals surface area contributed by atoms with E-state index in [2.05, 4.69) is 24.2 Å². The highest BCUT2D eigenvalue weighted by Gasteiger charge is 2.32. The SMILES string of the molecule is C[C@@H]1C[C@@H](C)CN(S(=O)(=O)c2ccc3nnn(OCC(N)=O)c3c2)C1. The van der Waals surface area contributed by atoms with Crippen molar-refractivity contribution >= 4 is 27.0 Å². The van der Waals surface area contributed by atoms with Crippen molar-refractivity contribution in [3.63, 3.8) is 0 Å². The first-order chi connectivity index (χ1) is 11.8. The number of hydrogen-bond donors (Lipinski definition) is 1. The Balaban J connectivity index is 1.94. The summed E-state index contributed by atoms with van der Waals surface area (Å²) in [6.07, 6.45) is 1.02. The molecule has 1 saturated heterocycles. The second kappa shape index (κ2) is 6.60. The molecule has 0 saturated carbocycles. The average Bonchev–Trinajstić information content (AvgIpc) is 2.94. The van der Waals surface area contributed by atoms with Gasteiger partial charge in [0.25, 0.3) is 5.91 Å². The molecule has 2 N–H and O–H groups in total. The number of carbonyl (C=O) groups excluding carboxylic acids is 1. The fourth-order valence-electron chi connectivity index (χ4n) is 3.21. The van der Waals surface area contributed by atoms with Gasteiger partial charge in [-0.1, -0.05) is 18.7 Å². The number of benzene rings is 1. The zero-order valence-corrected chi connectivity index (χ0v) is 14.9. The second-order valence-electron chi connectivity index (χ2n) is 6.62. The molecule has 0 radical (unpaired) electrons. The first kappa shape index (κ1) is 17.6. The van der Waals surface area contributed by atoms with Crippen LogP contribution in [-0.4, -0.2) is 53.5 Å². The van der Waals surface area contributed by atoms with Crippen LogP contribution in [0.4, 0.5) is 0 Å². The van der Waals surface area contributed by atoms with Crippen molar-refractivity contribution in [2.45, 2.75) is 25.2 Å². The van der Waals surface area contributed by atoms with Gasteiger partial charge in [0.1, 0.15) is 11.0 Å². The third-order valence-corrected chi connectivity index (χ3v) is 6.02. The minimum Gasteiger partial charge on any atom is -0.385 e. The van der Waals surface area contributed by atoms with E-state index in [4.69, 9.17) is 10.6 Å². The van der Waals surface area contributed by atoms with Gasteiger partial charge in [-0.15, -0.1) is 5.10 Å². The minimum atomic E-state index is -3.63. The van der Waals surface area contributed by atoms with Crippen molar-refractivity contribution < 1.29 is 18.0 Å². The zero-order chi connectivity index (χ0) is 18.2. The van der Waals surface area contributed by atoms with Crippen LogP contribution in [0.25, 0.3) is 11.0 Å². The largest absolute Gasteiger partial charge is 0.385 e. The lowest BCUT2D eigenvalue weighted by Crippen LogP contribution is -2.42. The molecule has 136 valence electrons. The summed E-state index contributed by atoms with van der Waals surface area (Å²) in [5, 5.41) is 7.64. The fourth-order valence-corrected chi connectivity index (χ4v) is 4.91. The Morgan fingerprint density at radius 1 is 1.32 bits per heavy atom. The van der Waals surface area contributed by atoms with Gasteiger partial charge >= 0.3 is 0 Å². The lowest BCUT2D eigenvalue weighted by Gasteiger charge is -2.34. The van der Waals surface area contributed by atoms with Crippen molar-refractivity contribution in [2.75, 3.05) is 19.7 Å². The summed E-state index contributed by atoms with van der Waals surface area (Å²) in [6.45, 7) is 4.73. The quantitative estimate of drug-likeness (QED) is 0.795. The van der Waals surface area contributed by atoms with Crippen LogP contribution < -0.4 is 10.6 Å². The lowest BCUT2D eigenvalue weighted by molar-refractivity contribution is -0.123. The summed E-state index contributed by atoms with van der Waals surface area (Å²) >= 11 is 0. The van der Waals surface area contributed by atoms with E-state index in [-0.39, 0.29) is 11.5 Å². The molecular formula is C15H21N5O4S. The molecule has 1 aliphatic rings. The van der Waals surface area contributed by atoms with Gasteiger partial charge in [-0.25, -0.2) is 8.42 Å². The van der Waals surface area contributed by atoms with Crippen LogP contribution in [0.5, 0.6) is 0 Å². The molecule has 0 unspecified atom stereocenters. The number of aromatic nitrogens is 3. The maximum Gasteiger partial charge on any atom is 0.258 e. The fraction of sp³-hybridized carbons (Fsp3) is 0.533. The van der Waals surface area contributed by atoms with Crippen LogP contribution in [0.2, 0.25) is 0 Å². The molecule has 10 heteroatoms. The van der Waals surface area contributed by atoms with E-state index in [1.165, 1.54) is 16.4 Å². The number of rotatable bonds is 5. The van der Waals surface area contributed by atoms with Gasteiger partial charge in [-0.05, 0) is 41.7 Å². The zero-order valence-electron chi connectivity index (χ0n) is 14.1. The Morgan fingerprint density at radius 2 is 2.00 bits per heavy atom. The number of fused-ring (bicyclic) bond motifs is 1. The van der Waals surface area contributed by atoms with Crippen molar-refractivity contribution in [1.29, 1.82) is 0 Å². The molecule has 25 heavy (non-hydrogen) atoms. The maximum atomic E-state index is 13.0. The molecule has 0 aliphatic carbocycles. The van der Waals surface area contributed by atoms with Gasteiger partial charge in [0.15, 0.2) is 6.61 Å². The van der Waals surface area contributed by atoms with Gasteiger partial charge in [0.2, 0.25) is 10.0 Å². The highest BCUT2D eigenvalue weighted by molar-refractivity contribution is 7.89. The smallest absolute Gasteiger partial charge is 0.258 e. The topological polar surface area (TPSA) is 120 Å². The van der Waals surface area contributed by atoms with E-state index in [0.717, 1.165) is 11.3 Å². The van der Waals surface area contributed by atoms with Gasteiger partial charge in [-0.3, -0.25) is 4.79 Å². The third kappa shape index (κ3) is 3.59. The third-order valence-electron chi connectivity index (χ3n) is 4.19. The predicted molar refractivity (Wildman–Crippen MR) is 89.9 cm³/mol. The Bertz CT molecular complexity index is 884. The van der Waals surface area contributed by atoms with E-state index >= 15 is 0 Å². The van der Waals surface area contributed by atoms with Crippen LogP contribution in [0, 0.1) is 11.8 Å². The summed E-state index contributed by atoms with van der Waals surface area (Å²) in [5.74, 6) is -0.0366. The van der Waals surface area contributed by atoms with Crippen LogP contribution in [-0.2, 0) is 14.8 Å². The van der Waals surface area contributed by atoms with Crippen molar-refractivity contribution in [1.82, 2.24) is 19.5 Å².